The predicted octanol–water partition coefficient (Wildman–Crippen LogP) is 1.89. The maximum Gasteiger partial charge on any atom is 0.236 e. The summed E-state index contributed by atoms with van der Waals surface area (Å²) in [5, 5.41) is 12.1. The van der Waals surface area contributed by atoms with Crippen molar-refractivity contribution in [3.8, 4) is 0 Å². The quantitative estimate of drug-likeness (QED) is 0.353. The van der Waals surface area contributed by atoms with Gasteiger partial charge in [0.05, 0.1) is 0 Å². The molecule has 0 spiro atoms. The molecule has 6 heteroatoms. The molecule has 2 rings (SSSR count). The average Bonchev–Trinajstić information content (AvgIpc) is 2.54. The summed E-state index contributed by atoms with van der Waals surface area (Å²) in [6.45, 7) is 8.04. The van der Waals surface area contributed by atoms with E-state index in [1.807, 2.05) is 16.7 Å². The molecule has 2 fully saturated rings. The monoisotopic (exact) mass is 299 g/mol. The predicted molar refractivity (Wildman–Crippen MR) is 82.0 cm³/mol. The highest BCUT2D eigenvalue weighted by molar-refractivity contribution is 8.00. The lowest BCUT2D eigenvalue weighted by Crippen LogP contribution is -2.58. The number of hydrogen-bond donors (Lipinski definition) is 2. The van der Waals surface area contributed by atoms with Gasteiger partial charge in [-0.1, -0.05) is 25.9 Å². The van der Waals surface area contributed by atoms with E-state index in [1.54, 1.807) is 0 Å². The molecule has 1 saturated carbocycles. The first kappa shape index (κ1) is 15.5. The molecule has 1 saturated heterocycles. The molecule has 0 bridgehead atoms. The van der Waals surface area contributed by atoms with Crippen molar-refractivity contribution in [1.29, 1.82) is 0 Å². The van der Waals surface area contributed by atoms with Gasteiger partial charge in [-0.25, -0.2) is 0 Å². The molecule has 0 radical (unpaired) electrons. The largest absolute Gasteiger partial charge is 0.409 e. The molecule has 1 amide bonds. The summed E-state index contributed by atoms with van der Waals surface area (Å²) in [6.07, 6.45) is 2.36. The molecule has 0 atom stereocenters. The van der Waals surface area contributed by atoms with E-state index in [4.69, 9.17) is 10.9 Å². The molecule has 3 N–H and O–H groups in total. The number of amidine groups is 1. The third kappa shape index (κ3) is 2.75. The summed E-state index contributed by atoms with van der Waals surface area (Å²) in [7, 11) is 0. The summed E-state index contributed by atoms with van der Waals surface area (Å²) < 4.78 is 0.214. The minimum Gasteiger partial charge on any atom is -0.409 e. The van der Waals surface area contributed by atoms with Gasteiger partial charge in [0.1, 0.15) is 5.41 Å². The van der Waals surface area contributed by atoms with Crippen molar-refractivity contribution in [1.82, 2.24) is 4.90 Å². The van der Waals surface area contributed by atoms with E-state index in [1.165, 1.54) is 0 Å². The van der Waals surface area contributed by atoms with Crippen LogP contribution in [-0.2, 0) is 4.79 Å². The van der Waals surface area contributed by atoms with Gasteiger partial charge in [0.2, 0.25) is 5.91 Å². The van der Waals surface area contributed by atoms with Crippen LogP contribution in [-0.4, -0.2) is 45.4 Å². The van der Waals surface area contributed by atoms with Crippen LogP contribution < -0.4 is 5.73 Å². The van der Waals surface area contributed by atoms with Gasteiger partial charge in [-0.3, -0.25) is 4.79 Å². The summed E-state index contributed by atoms with van der Waals surface area (Å²) >= 11 is 1.91. The van der Waals surface area contributed by atoms with E-state index in [-0.39, 0.29) is 16.5 Å². The molecule has 5 nitrogen and oxygen atoms in total. The Hall–Kier alpha value is -0.910. The van der Waals surface area contributed by atoms with E-state index < -0.39 is 5.41 Å². The van der Waals surface area contributed by atoms with Crippen molar-refractivity contribution in [3.05, 3.63) is 0 Å². The Balaban J connectivity index is 2.13. The second kappa shape index (κ2) is 5.47. The van der Waals surface area contributed by atoms with Crippen LogP contribution in [0.1, 0.15) is 40.0 Å². The second-order valence-electron chi connectivity index (χ2n) is 6.73. The summed E-state index contributed by atoms with van der Waals surface area (Å²) in [5.41, 5.74) is 5.07. The Labute approximate surface area is 124 Å². The van der Waals surface area contributed by atoms with Crippen LogP contribution in [0.15, 0.2) is 5.16 Å². The minimum atomic E-state index is -0.757. The Morgan fingerprint density at radius 2 is 2.05 bits per heavy atom. The highest BCUT2D eigenvalue weighted by Gasteiger charge is 2.53. The number of carbonyl (C=O) groups excluding carboxylic acids is 1. The first-order valence-electron chi connectivity index (χ1n) is 7.22. The van der Waals surface area contributed by atoms with Crippen molar-refractivity contribution in [2.45, 2.75) is 44.8 Å². The molecule has 1 aliphatic heterocycles. The highest BCUT2D eigenvalue weighted by Crippen LogP contribution is 2.47. The van der Waals surface area contributed by atoms with Crippen LogP contribution >= 0.6 is 11.8 Å². The fraction of sp³-hybridized carbons (Fsp3) is 0.857. The number of oxime groups is 1. The Kier molecular flexibility index (Phi) is 4.23. The molecule has 0 aromatic rings. The SMILES string of the molecule is CC1CC(C(=O)N2CCSC(C)(C)CC2)(C(N)=NO)C1. The first-order valence-corrected chi connectivity index (χ1v) is 8.21. The first-order chi connectivity index (χ1) is 9.31. The number of carbonyl (C=O) groups is 1. The van der Waals surface area contributed by atoms with Crippen LogP contribution in [0.3, 0.4) is 0 Å². The molecule has 1 heterocycles. The topological polar surface area (TPSA) is 78.9 Å². The van der Waals surface area contributed by atoms with Gasteiger partial charge >= 0.3 is 0 Å². The highest BCUT2D eigenvalue weighted by atomic mass is 32.2. The van der Waals surface area contributed by atoms with Crippen LogP contribution in [0.5, 0.6) is 0 Å². The third-order valence-corrected chi connectivity index (χ3v) is 5.90. The fourth-order valence-electron chi connectivity index (χ4n) is 3.25. The number of amides is 1. The van der Waals surface area contributed by atoms with Crippen molar-refractivity contribution >= 4 is 23.5 Å². The zero-order chi connectivity index (χ0) is 15.0. The van der Waals surface area contributed by atoms with E-state index in [0.29, 0.717) is 18.8 Å². The van der Waals surface area contributed by atoms with Gasteiger partial charge in [0, 0.05) is 23.6 Å². The lowest BCUT2D eigenvalue weighted by atomic mass is 9.61. The van der Waals surface area contributed by atoms with Gasteiger partial charge < -0.3 is 15.8 Å². The zero-order valence-corrected chi connectivity index (χ0v) is 13.4. The molecule has 20 heavy (non-hydrogen) atoms. The van der Waals surface area contributed by atoms with Crippen LogP contribution in [0, 0.1) is 11.3 Å². The number of nitrogens with zero attached hydrogens (tertiary/aromatic N) is 2. The minimum absolute atomic E-state index is 0.0456. The third-order valence-electron chi connectivity index (χ3n) is 4.53. The fourth-order valence-corrected chi connectivity index (χ4v) is 4.34. The molecule has 1 aliphatic carbocycles. The number of thioether (sulfide) groups is 1. The number of rotatable bonds is 2. The smallest absolute Gasteiger partial charge is 0.236 e. The maximum atomic E-state index is 12.9. The molecule has 0 aromatic carbocycles. The van der Waals surface area contributed by atoms with Gasteiger partial charge in [-0.05, 0) is 25.2 Å². The summed E-state index contributed by atoms with van der Waals surface area (Å²) in [6, 6.07) is 0. The Morgan fingerprint density at radius 1 is 1.40 bits per heavy atom. The van der Waals surface area contributed by atoms with Crippen molar-refractivity contribution in [2.24, 2.45) is 22.2 Å². The van der Waals surface area contributed by atoms with Gasteiger partial charge in [-0.15, -0.1) is 0 Å². The number of nitrogens with two attached hydrogens (primary N) is 1. The Bertz CT molecular complexity index is 417. The van der Waals surface area contributed by atoms with Crippen LogP contribution in [0.4, 0.5) is 0 Å². The standard InChI is InChI=1S/C14H25N3O2S/c1-10-8-14(9-10,11(15)16-19)12(18)17-5-4-13(2,3)20-7-6-17/h10,19H,4-9H2,1-3H3,(H2,15,16). The van der Waals surface area contributed by atoms with Crippen molar-refractivity contribution in [3.63, 3.8) is 0 Å². The van der Waals surface area contributed by atoms with E-state index >= 15 is 0 Å². The van der Waals surface area contributed by atoms with Crippen molar-refractivity contribution < 1.29 is 10.0 Å². The van der Waals surface area contributed by atoms with Crippen molar-refractivity contribution in [2.75, 3.05) is 18.8 Å². The number of hydrogen-bond acceptors (Lipinski definition) is 4. The van der Waals surface area contributed by atoms with Gasteiger partial charge in [0.25, 0.3) is 0 Å². The second-order valence-corrected chi connectivity index (χ2v) is 8.53. The summed E-state index contributed by atoms with van der Waals surface area (Å²) in [4.78, 5) is 14.8. The van der Waals surface area contributed by atoms with E-state index in [9.17, 15) is 4.79 Å². The average molecular weight is 299 g/mol. The van der Waals surface area contributed by atoms with E-state index in [0.717, 1.165) is 25.3 Å². The van der Waals surface area contributed by atoms with Crippen LogP contribution in [0.25, 0.3) is 0 Å². The van der Waals surface area contributed by atoms with Crippen LogP contribution in [0.2, 0.25) is 0 Å². The molecule has 114 valence electrons. The normalized spacial score (nSPS) is 34.2. The lowest BCUT2D eigenvalue weighted by Gasteiger charge is -2.46. The summed E-state index contributed by atoms with van der Waals surface area (Å²) in [5.74, 6) is 1.53. The molecule has 0 aromatic heterocycles. The molecular weight excluding hydrogens is 274 g/mol. The molecule has 2 aliphatic rings. The Morgan fingerprint density at radius 3 is 2.60 bits per heavy atom. The van der Waals surface area contributed by atoms with E-state index in [2.05, 4.69) is 25.9 Å². The molecular formula is C14H25N3O2S. The zero-order valence-electron chi connectivity index (χ0n) is 12.6. The lowest BCUT2D eigenvalue weighted by molar-refractivity contribution is -0.144. The van der Waals surface area contributed by atoms with Gasteiger partial charge in [0.15, 0.2) is 5.84 Å². The molecule has 0 unspecified atom stereocenters. The van der Waals surface area contributed by atoms with Gasteiger partial charge in [-0.2, -0.15) is 11.8 Å². The maximum absolute atomic E-state index is 12.9.